The van der Waals surface area contributed by atoms with E-state index in [0.717, 1.165) is 25.9 Å². The van der Waals surface area contributed by atoms with Gasteiger partial charge in [-0.05, 0) is 65.6 Å². The van der Waals surface area contributed by atoms with Gasteiger partial charge >= 0.3 is 0 Å². The van der Waals surface area contributed by atoms with Crippen molar-refractivity contribution in [3.8, 4) is 0 Å². The van der Waals surface area contributed by atoms with Crippen molar-refractivity contribution in [1.82, 2.24) is 25.8 Å². The number of nitrogens with zero attached hydrogens (tertiary/aromatic N) is 2. The number of fused-ring (bicyclic) bond motifs is 1. The molecule has 0 aromatic heterocycles. The fourth-order valence-electron chi connectivity index (χ4n) is 6.92. The Labute approximate surface area is 211 Å². The van der Waals surface area contributed by atoms with E-state index < -0.39 is 27.0 Å². The molecule has 4 aliphatic heterocycles. The van der Waals surface area contributed by atoms with Gasteiger partial charge in [-0.1, -0.05) is 6.92 Å². The minimum atomic E-state index is -3.42. The van der Waals surface area contributed by atoms with Gasteiger partial charge in [-0.15, -0.1) is 0 Å². The Balaban J connectivity index is 1.49. The molecule has 4 saturated heterocycles. The number of methoxy groups -OCH3 is 1. The predicted molar refractivity (Wildman–Crippen MR) is 136 cm³/mol. The summed E-state index contributed by atoms with van der Waals surface area (Å²) in [7, 11) is 2.72. The van der Waals surface area contributed by atoms with Crippen LogP contribution in [0.2, 0.25) is 0 Å². The van der Waals surface area contributed by atoms with E-state index in [9.17, 15) is 8.42 Å². The Morgan fingerprint density at radius 3 is 2.60 bits per heavy atom. The van der Waals surface area contributed by atoms with Crippen LogP contribution < -0.4 is 21.7 Å². The van der Waals surface area contributed by atoms with Gasteiger partial charge in [0.1, 0.15) is 0 Å². The van der Waals surface area contributed by atoms with Crippen LogP contribution in [0.25, 0.3) is 0 Å². The second-order valence-electron chi connectivity index (χ2n) is 12.1. The number of rotatable bonds is 4. The van der Waals surface area contributed by atoms with Crippen LogP contribution in [0.3, 0.4) is 0 Å². The third-order valence-electron chi connectivity index (χ3n) is 9.41. The molecule has 35 heavy (non-hydrogen) atoms. The standard InChI is InChI=1S/C24H47FN6O3S/c1-14-13-35(32,33)24(2,3)23(26)29-19(14)18-10-16(11-27-21(18)25)28-22-20-15(7-8-30(22)4)9-17(34-6)12-31(20)5/h14-23,27-29H,7-13,26H2,1-6H3. The zero-order chi connectivity index (χ0) is 25.7. The van der Waals surface area contributed by atoms with Crippen molar-refractivity contribution in [1.29, 1.82) is 0 Å². The predicted octanol–water partition coefficient (Wildman–Crippen LogP) is -0.0673. The van der Waals surface area contributed by atoms with Gasteiger partial charge in [0.05, 0.1) is 28.9 Å². The van der Waals surface area contributed by atoms with Gasteiger partial charge in [-0.25, -0.2) is 12.8 Å². The highest BCUT2D eigenvalue weighted by molar-refractivity contribution is 7.92. The first-order valence-corrected chi connectivity index (χ1v) is 14.8. The molecule has 204 valence electrons. The summed E-state index contributed by atoms with van der Waals surface area (Å²) in [5, 5.41) is 10.3. The van der Waals surface area contributed by atoms with Crippen molar-refractivity contribution in [2.24, 2.45) is 23.5 Å². The minimum absolute atomic E-state index is 0.00720. The highest BCUT2D eigenvalue weighted by Gasteiger charge is 2.50. The van der Waals surface area contributed by atoms with Crippen molar-refractivity contribution in [2.75, 3.05) is 46.6 Å². The maximum Gasteiger partial charge on any atom is 0.158 e. The van der Waals surface area contributed by atoms with Crippen molar-refractivity contribution in [3.63, 3.8) is 0 Å². The van der Waals surface area contributed by atoms with E-state index in [4.69, 9.17) is 10.5 Å². The fraction of sp³-hybridized carbons (Fsp3) is 1.00. The van der Waals surface area contributed by atoms with E-state index in [0.29, 0.717) is 24.9 Å². The Kier molecular flexibility index (Phi) is 8.21. The number of hydrogen-bond donors (Lipinski definition) is 4. The molecule has 0 aliphatic carbocycles. The van der Waals surface area contributed by atoms with E-state index in [2.05, 4.69) is 39.8 Å². The molecule has 10 atom stereocenters. The summed E-state index contributed by atoms with van der Waals surface area (Å²) in [5.74, 6) is -0.0534. The summed E-state index contributed by atoms with van der Waals surface area (Å²) in [6, 6.07) is 0.117. The molecular formula is C24H47FN6O3S. The van der Waals surface area contributed by atoms with Crippen LogP contribution in [0.4, 0.5) is 4.39 Å². The molecular weight excluding hydrogens is 471 g/mol. The first-order valence-electron chi connectivity index (χ1n) is 13.2. The zero-order valence-corrected chi connectivity index (χ0v) is 23.0. The molecule has 0 spiro atoms. The molecule has 10 unspecified atom stereocenters. The molecule has 0 aromatic rings. The Morgan fingerprint density at radius 2 is 1.91 bits per heavy atom. The molecule has 9 nitrogen and oxygen atoms in total. The number of ether oxygens (including phenoxy) is 1. The number of piperidine rings is 3. The lowest BCUT2D eigenvalue weighted by molar-refractivity contribution is -0.0750. The highest BCUT2D eigenvalue weighted by Crippen LogP contribution is 2.36. The summed E-state index contributed by atoms with van der Waals surface area (Å²) >= 11 is 0. The van der Waals surface area contributed by atoms with Crippen LogP contribution in [0.1, 0.15) is 40.0 Å². The minimum Gasteiger partial charge on any atom is -0.380 e. The van der Waals surface area contributed by atoms with E-state index in [1.165, 1.54) is 0 Å². The quantitative estimate of drug-likeness (QED) is 0.380. The average Bonchev–Trinajstić information content (AvgIpc) is 2.84. The Hall–Kier alpha value is -0.400. The molecule has 4 fully saturated rings. The van der Waals surface area contributed by atoms with Crippen LogP contribution in [0.5, 0.6) is 0 Å². The second kappa shape index (κ2) is 10.4. The summed E-state index contributed by atoms with van der Waals surface area (Å²) in [6.45, 7) is 7.69. The fourth-order valence-corrected chi connectivity index (χ4v) is 8.70. The number of likely N-dealkylation sites (tertiary alicyclic amines) is 2. The number of halogens is 1. The molecule has 0 amide bonds. The molecule has 4 aliphatic rings. The van der Waals surface area contributed by atoms with E-state index in [1.54, 1.807) is 21.0 Å². The lowest BCUT2D eigenvalue weighted by Crippen LogP contribution is -2.69. The average molecular weight is 519 g/mol. The van der Waals surface area contributed by atoms with Crippen LogP contribution in [-0.2, 0) is 14.6 Å². The van der Waals surface area contributed by atoms with Gasteiger partial charge in [0.2, 0.25) is 0 Å². The Morgan fingerprint density at radius 1 is 1.20 bits per heavy atom. The SMILES string of the molecule is COC1CC2CCN(C)C(NC3CNC(F)C(C4NC(N)C(C)(C)S(=O)(=O)CC4C)C3)C2N(C)C1. The van der Waals surface area contributed by atoms with Crippen molar-refractivity contribution in [2.45, 2.75) is 87.6 Å². The Bertz CT molecular complexity index is 847. The summed E-state index contributed by atoms with van der Waals surface area (Å²) in [4.78, 5) is 4.81. The van der Waals surface area contributed by atoms with E-state index in [1.807, 2.05) is 6.92 Å². The highest BCUT2D eigenvalue weighted by atomic mass is 32.2. The molecule has 4 heterocycles. The van der Waals surface area contributed by atoms with Crippen LogP contribution in [0.15, 0.2) is 0 Å². The maximum absolute atomic E-state index is 15.3. The molecule has 0 aromatic carbocycles. The first-order chi connectivity index (χ1) is 16.4. The lowest BCUT2D eigenvalue weighted by atomic mass is 9.79. The lowest BCUT2D eigenvalue weighted by Gasteiger charge is -2.53. The first kappa shape index (κ1) is 27.6. The van der Waals surface area contributed by atoms with Crippen molar-refractivity contribution in [3.05, 3.63) is 0 Å². The topological polar surface area (TPSA) is 112 Å². The smallest absolute Gasteiger partial charge is 0.158 e. The van der Waals surface area contributed by atoms with Crippen molar-refractivity contribution >= 4 is 9.84 Å². The van der Waals surface area contributed by atoms with Gasteiger partial charge in [0.15, 0.2) is 16.1 Å². The van der Waals surface area contributed by atoms with Crippen molar-refractivity contribution < 1.29 is 17.5 Å². The number of hydrogen-bond acceptors (Lipinski definition) is 9. The number of nitrogens with two attached hydrogens (primary N) is 1. The van der Waals surface area contributed by atoms with Gasteiger partial charge in [-0.2, -0.15) is 0 Å². The number of likely N-dealkylation sites (N-methyl/N-ethyl adjacent to an activating group) is 2. The molecule has 11 heteroatoms. The van der Waals surface area contributed by atoms with Crippen LogP contribution >= 0.6 is 0 Å². The largest absolute Gasteiger partial charge is 0.380 e. The monoisotopic (exact) mass is 518 g/mol. The molecule has 5 N–H and O–H groups in total. The summed E-state index contributed by atoms with van der Waals surface area (Å²) in [5.41, 5.74) is 6.34. The van der Waals surface area contributed by atoms with Gasteiger partial charge < -0.3 is 10.5 Å². The van der Waals surface area contributed by atoms with E-state index >= 15 is 4.39 Å². The third kappa shape index (κ3) is 5.30. The summed E-state index contributed by atoms with van der Waals surface area (Å²) < 4.78 is 45.8. The second-order valence-corrected chi connectivity index (χ2v) is 14.7. The molecule has 0 radical (unpaired) electrons. The number of sulfone groups is 1. The summed E-state index contributed by atoms with van der Waals surface area (Å²) in [6.07, 6.45) is 1.31. The van der Waals surface area contributed by atoms with Crippen LogP contribution in [-0.4, -0.2) is 112 Å². The molecule has 0 bridgehead atoms. The number of alkyl halides is 1. The van der Waals surface area contributed by atoms with Crippen LogP contribution in [0, 0.1) is 17.8 Å². The number of nitrogens with one attached hydrogen (secondary N) is 3. The zero-order valence-electron chi connectivity index (χ0n) is 22.2. The van der Waals surface area contributed by atoms with Gasteiger partial charge in [-0.3, -0.25) is 25.8 Å². The molecule has 0 saturated carbocycles. The third-order valence-corrected chi connectivity index (χ3v) is 12.2. The van der Waals surface area contributed by atoms with Gasteiger partial charge in [0, 0.05) is 44.2 Å². The van der Waals surface area contributed by atoms with Gasteiger partial charge in [0.25, 0.3) is 0 Å². The maximum atomic E-state index is 15.3. The molecule has 4 rings (SSSR count). The normalized spacial score (nSPS) is 47.1. The van der Waals surface area contributed by atoms with E-state index in [-0.39, 0.29) is 41.9 Å².